The molecule has 3 N–H and O–H groups in total. The molecule has 0 aliphatic carbocycles. The summed E-state index contributed by atoms with van der Waals surface area (Å²) in [5, 5.41) is 36.5. The Balaban J connectivity index is 2.99. The van der Waals surface area contributed by atoms with Crippen molar-refractivity contribution in [2.45, 2.75) is 25.2 Å². The smallest absolute Gasteiger partial charge is 0.123 e. The summed E-state index contributed by atoms with van der Waals surface area (Å²) in [6, 6.07) is 5.21. The molecule has 2 atom stereocenters. The van der Waals surface area contributed by atoms with Gasteiger partial charge in [-0.25, -0.2) is 4.39 Å². The average Bonchev–Trinajstić information content (AvgIpc) is 2.28. The Hall–Kier alpha value is -1.48. The van der Waals surface area contributed by atoms with Crippen molar-refractivity contribution in [3.63, 3.8) is 0 Å². The molecule has 0 saturated carbocycles. The van der Waals surface area contributed by atoms with Gasteiger partial charge in [0.25, 0.3) is 0 Å². The standard InChI is InChI=1S/C11H12FNO3/c12-8-1-2-9(7(5-8)6-14)11(16)10(15)3-4-13/h1-2,5,10-11,14-16H,3,6H2. The van der Waals surface area contributed by atoms with Crippen molar-refractivity contribution in [2.24, 2.45) is 0 Å². The highest BCUT2D eigenvalue weighted by molar-refractivity contribution is 5.30. The molecule has 1 rings (SSSR count). The second-order valence-corrected chi connectivity index (χ2v) is 3.38. The zero-order valence-corrected chi connectivity index (χ0v) is 8.47. The zero-order chi connectivity index (χ0) is 12.1. The van der Waals surface area contributed by atoms with E-state index in [0.717, 1.165) is 12.1 Å². The third-order valence-electron chi connectivity index (χ3n) is 2.26. The van der Waals surface area contributed by atoms with E-state index in [-0.39, 0.29) is 17.5 Å². The minimum absolute atomic E-state index is 0.199. The van der Waals surface area contributed by atoms with Gasteiger partial charge in [0, 0.05) is 0 Å². The number of hydrogen-bond donors (Lipinski definition) is 3. The highest BCUT2D eigenvalue weighted by Crippen LogP contribution is 2.23. The lowest BCUT2D eigenvalue weighted by Gasteiger charge is -2.18. The predicted octanol–water partition coefficient (Wildman–Crippen LogP) is 0.626. The Morgan fingerprint density at radius 1 is 1.38 bits per heavy atom. The van der Waals surface area contributed by atoms with Crippen LogP contribution in [0, 0.1) is 17.1 Å². The van der Waals surface area contributed by atoms with Crippen LogP contribution in [0.25, 0.3) is 0 Å². The van der Waals surface area contributed by atoms with Crippen LogP contribution in [0.4, 0.5) is 4.39 Å². The highest BCUT2D eigenvalue weighted by Gasteiger charge is 2.20. The van der Waals surface area contributed by atoms with Gasteiger partial charge >= 0.3 is 0 Å². The summed E-state index contributed by atoms with van der Waals surface area (Å²) in [5.74, 6) is -0.533. The second kappa shape index (κ2) is 5.56. The van der Waals surface area contributed by atoms with Crippen molar-refractivity contribution in [2.75, 3.05) is 0 Å². The molecule has 0 saturated heterocycles. The first-order valence-electron chi connectivity index (χ1n) is 4.72. The van der Waals surface area contributed by atoms with E-state index < -0.39 is 24.6 Å². The first-order valence-corrected chi connectivity index (χ1v) is 4.72. The van der Waals surface area contributed by atoms with Crippen LogP contribution >= 0.6 is 0 Å². The molecule has 0 spiro atoms. The van der Waals surface area contributed by atoms with Gasteiger partial charge in [0.1, 0.15) is 11.9 Å². The van der Waals surface area contributed by atoms with Gasteiger partial charge in [-0.1, -0.05) is 6.07 Å². The topological polar surface area (TPSA) is 84.5 Å². The summed E-state index contributed by atoms with van der Waals surface area (Å²) in [6.07, 6.45) is -2.79. The third kappa shape index (κ3) is 2.76. The lowest BCUT2D eigenvalue weighted by Crippen LogP contribution is -2.19. The normalized spacial score (nSPS) is 14.2. The quantitative estimate of drug-likeness (QED) is 0.701. The molecule has 0 aliphatic heterocycles. The summed E-state index contributed by atoms with van der Waals surface area (Å²) in [7, 11) is 0. The number of nitriles is 1. The number of nitrogens with zero attached hydrogens (tertiary/aromatic N) is 1. The van der Waals surface area contributed by atoms with Crippen LogP contribution in [0.3, 0.4) is 0 Å². The molecule has 0 bridgehead atoms. The van der Waals surface area contributed by atoms with Gasteiger partial charge in [0.05, 0.1) is 25.2 Å². The molecule has 4 nitrogen and oxygen atoms in total. The zero-order valence-electron chi connectivity index (χ0n) is 8.47. The van der Waals surface area contributed by atoms with Crippen molar-refractivity contribution in [1.29, 1.82) is 5.26 Å². The maximum Gasteiger partial charge on any atom is 0.123 e. The fraction of sp³-hybridized carbons (Fsp3) is 0.364. The number of hydrogen-bond acceptors (Lipinski definition) is 4. The molecule has 2 unspecified atom stereocenters. The summed E-state index contributed by atoms with van der Waals surface area (Å²) in [5.41, 5.74) is 0.427. The van der Waals surface area contributed by atoms with Crippen LogP contribution in [0.1, 0.15) is 23.7 Å². The molecule has 0 fully saturated rings. The molecule has 16 heavy (non-hydrogen) atoms. The Morgan fingerprint density at radius 3 is 2.62 bits per heavy atom. The molecule has 1 aromatic carbocycles. The molecular formula is C11H12FNO3. The number of rotatable bonds is 4. The average molecular weight is 225 g/mol. The van der Waals surface area contributed by atoms with Crippen molar-refractivity contribution in [3.8, 4) is 6.07 Å². The molecule has 5 heteroatoms. The van der Waals surface area contributed by atoms with Gasteiger partial charge in [-0.2, -0.15) is 5.26 Å². The van der Waals surface area contributed by atoms with E-state index in [1.165, 1.54) is 6.07 Å². The lowest BCUT2D eigenvalue weighted by atomic mass is 9.97. The SMILES string of the molecule is N#CCC(O)C(O)c1ccc(F)cc1CO. The summed E-state index contributed by atoms with van der Waals surface area (Å²) < 4.78 is 12.8. The monoisotopic (exact) mass is 225 g/mol. The van der Waals surface area contributed by atoms with Gasteiger partial charge in [-0.05, 0) is 23.3 Å². The van der Waals surface area contributed by atoms with E-state index in [0.29, 0.717) is 0 Å². The molecule has 0 amide bonds. The molecule has 1 aromatic rings. The van der Waals surface area contributed by atoms with Crippen LogP contribution in [0.2, 0.25) is 0 Å². The van der Waals surface area contributed by atoms with Crippen LogP contribution in [0.5, 0.6) is 0 Å². The van der Waals surface area contributed by atoms with Crippen molar-refractivity contribution in [3.05, 3.63) is 35.1 Å². The van der Waals surface area contributed by atoms with Crippen molar-refractivity contribution >= 4 is 0 Å². The Morgan fingerprint density at radius 2 is 2.06 bits per heavy atom. The summed E-state index contributed by atoms with van der Waals surface area (Å²) >= 11 is 0. The summed E-state index contributed by atoms with van der Waals surface area (Å²) in [4.78, 5) is 0. The molecule has 0 radical (unpaired) electrons. The number of aliphatic hydroxyl groups is 3. The van der Waals surface area contributed by atoms with Gasteiger partial charge < -0.3 is 15.3 Å². The fourth-order valence-corrected chi connectivity index (χ4v) is 1.41. The predicted molar refractivity (Wildman–Crippen MR) is 53.5 cm³/mol. The van der Waals surface area contributed by atoms with Crippen molar-refractivity contribution < 1.29 is 19.7 Å². The molecule has 0 heterocycles. The van der Waals surface area contributed by atoms with Crippen LogP contribution in [-0.2, 0) is 6.61 Å². The van der Waals surface area contributed by atoms with Gasteiger partial charge in [-0.15, -0.1) is 0 Å². The van der Waals surface area contributed by atoms with Gasteiger partial charge in [0.15, 0.2) is 0 Å². The Kier molecular flexibility index (Phi) is 4.38. The first kappa shape index (κ1) is 12.6. The van der Waals surface area contributed by atoms with Gasteiger partial charge in [-0.3, -0.25) is 0 Å². The van der Waals surface area contributed by atoms with E-state index in [2.05, 4.69) is 0 Å². The molecule has 86 valence electrons. The number of halogens is 1. The number of benzene rings is 1. The van der Waals surface area contributed by atoms with Gasteiger partial charge in [0.2, 0.25) is 0 Å². The largest absolute Gasteiger partial charge is 0.392 e. The van der Waals surface area contributed by atoms with Crippen molar-refractivity contribution in [1.82, 2.24) is 0 Å². The fourth-order valence-electron chi connectivity index (χ4n) is 1.41. The van der Waals surface area contributed by atoms with Crippen LogP contribution in [0.15, 0.2) is 18.2 Å². The molecule has 0 aromatic heterocycles. The van der Waals surface area contributed by atoms with Crippen LogP contribution < -0.4 is 0 Å². The Labute approximate surface area is 92.2 Å². The van der Waals surface area contributed by atoms with E-state index in [9.17, 15) is 14.6 Å². The second-order valence-electron chi connectivity index (χ2n) is 3.38. The summed E-state index contributed by atoms with van der Waals surface area (Å²) in [6.45, 7) is -0.441. The third-order valence-corrected chi connectivity index (χ3v) is 2.26. The molecule has 0 aliphatic rings. The number of aliphatic hydroxyl groups excluding tert-OH is 3. The maximum absolute atomic E-state index is 12.8. The van der Waals surface area contributed by atoms with E-state index in [1.54, 1.807) is 6.07 Å². The van der Waals surface area contributed by atoms with Crippen LogP contribution in [-0.4, -0.2) is 21.4 Å². The van der Waals surface area contributed by atoms with E-state index in [4.69, 9.17) is 10.4 Å². The molecular weight excluding hydrogens is 213 g/mol. The lowest BCUT2D eigenvalue weighted by molar-refractivity contribution is 0.0204. The first-order chi connectivity index (χ1) is 7.60. The minimum atomic E-state index is -1.30. The van der Waals surface area contributed by atoms with E-state index >= 15 is 0 Å². The highest BCUT2D eigenvalue weighted by atomic mass is 19.1. The minimum Gasteiger partial charge on any atom is -0.392 e. The van der Waals surface area contributed by atoms with E-state index in [1.807, 2.05) is 0 Å². The Bertz CT molecular complexity index is 403. The maximum atomic E-state index is 12.8.